The average molecular weight is 249 g/mol. The zero-order valence-electron chi connectivity index (χ0n) is 7.80. The summed E-state index contributed by atoms with van der Waals surface area (Å²) in [5.41, 5.74) is 0. The van der Waals surface area contributed by atoms with Gasteiger partial charge in [-0.15, -0.1) is 5.06 Å². The van der Waals surface area contributed by atoms with E-state index in [2.05, 4.69) is 4.84 Å². The normalized spacial score (nSPS) is 25.8. The summed E-state index contributed by atoms with van der Waals surface area (Å²) < 4.78 is 60.8. The van der Waals surface area contributed by atoms with E-state index in [9.17, 15) is 26.7 Å². The van der Waals surface area contributed by atoms with E-state index in [1.54, 1.807) is 0 Å². The second kappa shape index (κ2) is 4.13. The van der Waals surface area contributed by atoms with Gasteiger partial charge in [-0.05, 0) is 0 Å². The molecule has 0 amide bonds. The lowest BCUT2D eigenvalue weighted by Crippen LogP contribution is -2.39. The minimum Gasteiger partial charge on any atom is -0.395 e. The SMILES string of the molecule is O=C(ON1CC(F)(F)C[C@@H]1CO)C(F)(F)F. The number of hydrogen-bond donors (Lipinski definition) is 1. The van der Waals surface area contributed by atoms with Gasteiger partial charge < -0.3 is 9.94 Å². The monoisotopic (exact) mass is 249 g/mol. The number of hydrogen-bond acceptors (Lipinski definition) is 4. The van der Waals surface area contributed by atoms with Crippen molar-refractivity contribution in [3.8, 4) is 0 Å². The third-order valence-electron chi connectivity index (χ3n) is 1.97. The predicted octanol–water partition coefficient (Wildman–Crippen LogP) is 0.709. The number of carbonyl (C=O) groups is 1. The maximum absolute atomic E-state index is 12.8. The molecule has 0 aromatic carbocycles. The molecule has 1 atom stereocenters. The average Bonchev–Trinajstić information content (AvgIpc) is 2.39. The van der Waals surface area contributed by atoms with Crippen LogP contribution in [0, 0.1) is 0 Å². The van der Waals surface area contributed by atoms with Crippen LogP contribution in [-0.4, -0.2) is 47.4 Å². The molecule has 1 N–H and O–H groups in total. The highest BCUT2D eigenvalue weighted by atomic mass is 19.4. The first-order valence-corrected chi connectivity index (χ1v) is 4.20. The quantitative estimate of drug-likeness (QED) is 0.732. The number of alkyl halides is 5. The Morgan fingerprint density at radius 3 is 2.50 bits per heavy atom. The molecule has 1 rings (SSSR count). The van der Waals surface area contributed by atoms with E-state index in [-0.39, 0.29) is 5.06 Å². The molecule has 94 valence electrons. The molecule has 16 heavy (non-hydrogen) atoms. The molecule has 0 bridgehead atoms. The number of carbonyl (C=O) groups excluding carboxylic acids is 1. The minimum absolute atomic E-state index is 0.163. The zero-order chi connectivity index (χ0) is 12.6. The van der Waals surface area contributed by atoms with Crippen LogP contribution >= 0.6 is 0 Å². The van der Waals surface area contributed by atoms with E-state index < -0.39 is 43.7 Å². The molecular weight excluding hydrogens is 241 g/mol. The maximum atomic E-state index is 12.8. The topological polar surface area (TPSA) is 49.8 Å². The van der Waals surface area contributed by atoms with Crippen LogP contribution in [0.2, 0.25) is 0 Å². The predicted molar refractivity (Wildman–Crippen MR) is 39.3 cm³/mol. The Balaban J connectivity index is 2.64. The van der Waals surface area contributed by atoms with E-state index in [1.807, 2.05) is 0 Å². The maximum Gasteiger partial charge on any atom is 0.492 e. The molecule has 0 unspecified atom stereocenters. The summed E-state index contributed by atoms with van der Waals surface area (Å²) in [6, 6.07) is -1.32. The van der Waals surface area contributed by atoms with Crippen molar-refractivity contribution in [1.29, 1.82) is 0 Å². The van der Waals surface area contributed by atoms with E-state index in [1.165, 1.54) is 0 Å². The van der Waals surface area contributed by atoms with Crippen LogP contribution in [0.3, 0.4) is 0 Å². The summed E-state index contributed by atoms with van der Waals surface area (Å²) in [5.74, 6) is -5.86. The fourth-order valence-corrected chi connectivity index (χ4v) is 1.29. The summed E-state index contributed by atoms with van der Waals surface area (Å²) in [7, 11) is 0. The van der Waals surface area contributed by atoms with Gasteiger partial charge in [0.05, 0.1) is 19.2 Å². The molecule has 0 spiro atoms. The van der Waals surface area contributed by atoms with Crippen LogP contribution in [0.5, 0.6) is 0 Å². The van der Waals surface area contributed by atoms with Gasteiger partial charge in [0, 0.05) is 6.42 Å². The molecule has 1 fully saturated rings. The third kappa shape index (κ3) is 3.01. The Morgan fingerprint density at radius 2 is 2.06 bits per heavy atom. The number of hydroxylamine groups is 2. The van der Waals surface area contributed by atoms with Crippen LogP contribution in [0.15, 0.2) is 0 Å². The molecule has 9 heteroatoms. The van der Waals surface area contributed by atoms with Gasteiger partial charge in [-0.25, -0.2) is 13.6 Å². The molecule has 4 nitrogen and oxygen atoms in total. The Morgan fingerprint density at radius 1 is 1.50 bits per heavy atom. The third-order valence-corrected chi connectivity index (χ3v) is 1.97. The fraction of sp³-hybridized carbons (Fsp3) is 0.857. The summed E-state index contributed by atoms with van der Waals surface area (Å²) in [6.07, 6.45) is -6.10. The largest absolute Gasteiger partial charge is 0.492 e. The highest BCUT2D eigenvalue weighted by Gasteiger charge is 2.50. The highest BCUT2D eigenvalue weighted by Crippen LogP contribution is 2.32. The number of aliphatic hydroxyl groups is 1. The number of aliphatic hydroxyl groups excluding tert-OH is 1. The first-order valence-electron chi connectivity index (χ1n) is 4.20. The summed E-state index contributed by atoms with van der Waals surface area (Å²) in [4.78, 5) is 14.1. The van der Waals surface area contributed by atoms with E-state index in [0.29, 0.717) is 0 Å². The summed E-state index contributed by atoms with van der Waals surface area (Å²) >= 11 is 0. The summed E-state index contributed by atoms with van der Waals surface area (Å²) in [5, 5.41) is 8.80. The molecule has 1 aliphatic heterocycles. The van der Waals surface area contributed by atoms with Crippen LogP contribution in [0.25, 0.3) is 0 Å². The number of rotatable bonds is 2. The van der Waals surface area contributed by atoms with Gasteiger partial charge in [0.15, 0.2) is 0 Å². The van der Waals surface area contributed by atoms with Crippen molar-refractivity contribution >= 4 is 5.97 Å². The second-order valence-electron chi connectivity index (χ2n) is 3.35. The fourth-order valence-electron chi connectivity index (χ4n) is 1.29. The molecule has 0 radical (unpaired) electrons. The Bertz CT molecular complexity index is 280. The van der Waals surface area contributed by atoms with Crippen molar-refractivity contribution in [3.63, 3.8) is 0 Å². The molecule has 1 aliphatic rings. The van der Waals surface area contributed by atoms with E-state index in [0.717, 1.165) is 0 Å². The van der Waals surface area contributed by atoms with Gasteiger partial charge in [0.2, 0.25) is 0 Å². The van der Waals surface area contributed by atoms with Crippen LogP contribution < -0.4 is 0 Å². The Kier molecular flexibility index (Phi) is 3.38. The van der Waals surface area contributed by atoms with Crippen molar-refractivity contribution in [2.75, 3.05) is 13.2 Å². The van der Waals surface area contributed by atoms with Gasteiger partial charge in [0.1, 0.15) is 0 Å². The van der Waals surface area contributed by atoms with Crippen molar-refractivity contribution in [1.82, 2.24) is 5.06 Å². The van der Waals surface area contributed by atoms with Gasteiger partial charge in [-0.1, -0.05) is 0 Å². The lowest BCUT2D eigenvalue weighted by atomic mass is 10.2. The van der Waals surface area contributed by atoms with Crippen LogP contribution in [0.1, 0.15) is 6.42 Å². The van der Waals surface area contributed by atoms with Crippen molar-refractivity contribution in [3.05, 3.63) is 0 Å². The van der Waals surface area contributed by atoms with Gasteiger partial charge in [0.25, 0.3) is 5.92 Å². The molecule has 0 aromatic rings. The van der Waals surface area contributed by atoms with Crippen molar-refractivity contribution in [2.24, 2.45) is 0 Å². The van der Waals surface area contributed by atoms with E-state index >= 15 is 0 Å². The van der Waals surface area contributed by atoms with Gasteiger partial charge in [-0.2, -0.15) is 13.2 Å². The molecule has 1 heterocycles. The number of nitrogens with zero attached hydrogens (tertiary/aromatic N) is 1. The molecule has 0 saturated carbocycles. The first-order chi connectivity index (χ1) is 7.15. The first kappa shape index (κ1) is 13.1. The molecule has 1 saturated heterocycles. The lowest BCUT2D eigenvalue weighted by molar-refractivity contribution is -0.245. The molecule has 0 aromatic heterocycles. The molecule has 0 aliphatic carbocycles. The Hall–Kier alpha value is -0.960. The van der Waals surface area contributed by atoms with Gasteiger partial charge in [-0.3, -0.25) is 0 Å². The highest BCUT2D eigenvalue weighted by molar-refractivity contribution is 5.75. The van der Waals surface area contributed by atoms with Gasteiger partial charge >= 0.3 is 12.1 Å². The standard InChI is InChI=1S/C7H8F5NO3/c8-6(9)1-4(2-14)13(3-6)16-5(15)7(10,11)12/h4,14H,1-3H2/t4-/m1/s1. The van der Waals surface area contributed by atoms with Crippen LogP contribution in [-0.2, 0) is 9.63 Å². The van der Waals surface area contributed by atoms with Crippen LogP contribution in [0.4, 0.5) is 22.0 Å². The molecular formula is C7H8F5NO3. The summed E-state index contributed by atoms with van der Waals surface area (Å²) in [6.45, 7) is -1.97. The Labute approximate surface area is 86.5 Å². The van der Waals surface area contributed by atoms with Crippen molar-refractivity contribution < 1.29 is 36.7 Å². The number of halogens is 5. The minimum atomic E-state index is -5.25. The van der Waals surface area contributed by atoms with Crippen molar-refractivity contribution in [2.45, 2.75) is 24.6 Å². The zero-order valence-corrected chi connectivity index (χ0v) is 7.80. The lowest BCUT2D eigenvalue weighted by Gasteiger charge is -2.20. The second-order valence-corrected chi connectivity index (χ2v) is 3.35. The van der Waals surface area contributed by atoms with E-state index in [4.69, 9.17) is 5.11 Å². The smallest absolute Gasteiger partial charge is 0.395 e.